The Hall–Kier alpha value is -0.870. The first kappa shape index (κ1) is 20.2. The molecule has 0 spiro atoms. The molecule has 1 aliphatic carbocycles. The molecule has 2 amide bonds. The molecule has 0 aromatic heterocycles. The van der Waals surface area contributed by atoms with Crippen LogP contribution in [0.1, 0.15) is 44.9 Å². The molecule has 0 saturated heterocycles. The number of hydrogen-bond donors (Lipinski definition) is 1. The quantitative estimate of drug-likeness (QED) is 0.333. The fourth-order valence-electron chi connectivity index (χ4n) is 2.90. The number of rotatable bonds is 7. The van der Waals surface area contributed by atoms with Crippen molar-refractivity contribution in [3.63, 3.8) is 0 Å². The summed E-state index contributed by atoms with van der Waals surface area (Å²) in [5.74, 6) is -0.245. The van der Waals surface area contributed by atoms with E-state index < -0.39 is 13.0 Å². The topological polar surface area (TPSA) is 77.9 Å². The first-order chi connectivity index (χ1) is 10.7. The van der Waals surface area contributed by atoms with Crippen LogP contribution in [0.2, 0.25) is 0 Å². The molecule has 0 aromatic rings. The van der Waals surface area contributed by atoms with Crippen LogP contribution < -0.4 is 0 Å². The SMILES string of the molecule is CN(CC(=O)N(O)CCC1CCCCCC1)C(=O)CP(C)(C)=O. The molecule has 0 unspecified atom stereocenters. The largest absolute Gasteiger partial charge is 0.336 e. The van der Waals surface area contributed by atoms with Gasteiger partial charge in [-0.05, 0) is 25.7 Å². The fourth-order valence-corrected chi connectivity index (χ4v) is 3.79. The molecule has 1 fully saturated rings. The Balaban J connectivity index is 2.34. The summed E-state index contributed by atoms with van der Waals surface area (Å²) < 4.78 is 11.7. The van der Waals surface area contributed by atoms with Gasteiger partial charge in [0.15, 0.2) is 0 Å². The molecule has 0 aromatic carbocycles. The number of hydrogen-bond acceptors (Lipinski definition) is 4. The number of amides is 2. The second-order valence-corrected chi connectivity index (χ2v) is 10.6. The predicted octanol–water partition coefficient (Wildman–Crippen LogP) is 2.65. The van der Waals surface area contributed by atoms with Crippen molar-refractivity contribution in [3.8, 4) is 0 Å². The fraction of sp³-hybridized carbons (Fsp3) is 0.875. The highest BCUT2D eigenvalue weighted by molar-refractivity contribution is 7.63. The lowest BCUT2D eigenvalue weighted by molar-refractivity contribution is -0.168. The molecule has 23 heavy (non-hydrogen) atoms. The maximum Gasteiger partial charge on any atom is 0.265 e. The molecule has 0 radical (unpaired) electrons. The van der Waals surface area contributed by atoms with Gasteiger partial charge >= 0.3 is 0 Å². The van der Waals surface area contributed by atoms with E-state index in [-0.39, 0.29) is 18.6 Å². The van der Waals surface area contributed by atoms with Crippen molar-refractivity contribution in [3.05, 3.63) is 0 Å². The number of likely N-dealkylation sites (N-methyl/N-ethyl adjacent to an activating group) is 1. The van der Waals surface area contributed by atoms with E-state index >= 15 is 0 Å². The third kappa shape index (κ3) is 8.52. The summed E-state index contributed by atoms with van der Waals surface area (Å²) in [6.45, 7) is 3.23. The van der Waals surface area contributed by atoms with Gasteiger partial charge in [0.25, 0.3) is 5.91 Å². The van der Waals surface area contributed by atoms with E-state index in [1.54, 1.807) is 13.3 Å². The normalized spacial score (nSPS) is 16.7. The minimum Gasteiger partial charge on any atom is -0.336 e. The number of carbonyl (C=O) groups is 2. The van der Waals surface area contributed by atoms with Crippen LogP contribution in [0.15, 0.2) is 0 Å². The smallest absolute Gasteiger partial charge is 0.265 e. The number of carbonyl (C=O) groups excluding carboxylic acids is 2. The molecule has 0 bridgehead atoms. The Labute approximate surface area is 139 Å². The lowest BCUT2D eigenvalue weighted by Gasteiger charge is -2.23. The highest BCUT2D eigenvalue weighted by Crippen LogP contribution is 2.35. The van der Waals surface area contributed by atoms with Crippen LogP contribution in [-0.2, 0) is 14.2 Å². The zero-order valence-corrected chi connectivity index (χ0v) is 15.6. The average molecular weight is 346 g/mol. The third-order valence-electron chi connectivity index (χ3n) is 4.33. The van der Waals surface area contributed by atoms with Crippen molar-refractivity contribution in [2.75, 3.05) is 39.6 Å². The highest BCUT2D eigenvalue weighted by Gasteiger charge is 2.22. The summed E-state index contributed by atoms with van der Waals surface area (Å²) in [6, 6.07) is 0. The second kappa shape index (κ2) is 9.43. The van der Waals surface area contributed by atoms with Gasteiger partial charge in [0.2, 0.25) is 5.91 Å². The zero-order valence-electron chi connectivity index (χ0n) is 14.7. The summed E-state index contributed by atoms with van der Waals surface area (Å²) in [4.78, 5) is 25.1. The van der Waals surface area contributed by atoms with Crippen molar-refractivity contribution < 1.29 is 19.4 Å². The van der Waals surface area contributed by atoms with Crippen LogP contribution in [0.4, 0.5) is 0 Å². The van der Waals surface area contributed by atoms with Crippen molar-refractivity contribution >= 4 is 19.0 Å². The van der Waals surface area contributed by atoms with Gasteiger partial charge in [-0.2, -0.15) is 0 Å². The Kier molecular flexibility index (Phi) is 8.27. The van der Waals surface area contributed by atoms with Crippen molar-refractivity contribution in [2.45, 2.75) is 44.9 Å². The molecule has 0 heterocycles. The molecule has 1 N–H and O–H groups in total. The Morgan fingerprint density at radius 1 is 1.09 bits per heavy atom. The first-order valence-corrected chi connectivity index (χ1v) is 11.2. The lowest BCUT2D eigenvalue weighted by atomic mass is 9.97. The molecular formula is C16H31N2O4P. The van der Waals surface area contributed by atoms with E-state index in [0.29, 0.717) is 12.5 Å². The van der Waals surface area contributed by atoms with Crippen LogP contribution in [0.3, 0.4) is 0 Å². The monoisotopic (exact) mass is 346 g/mol. The summed E-state index contributed by atoms with van der Waals surface area (Å²) in [5, 5.41) is 10.6. The van der Waals surface area contributed by atoms with E-state index in [0.717, 1.165) is 11.5 Å². The van der Waals surface area contributed by atoms with Gasteiger partial charge in [-0.15, -0.1) is 0 Å². The Morgan fingerprint density at radius 3 is 2.17 bits per heavy atom. The maximum absolute atomic E-state index is 12.0. The van der Waals surface area contributed by atoms with Crippen molar-refractivity contribution in [1.82, 2.24) is 9.96 Å². The van der Waals surface area contributed by atoms with E-state index in [1.807, 2.05) is 0 Å². The van der Waals surface area contributed by atoms with Crippen LogP contribution in [0, 0.1) is 5.92 Å². The summed E-state index contributed by atoms with van der Waals surface area (Å²) >= 11 is 0. The lowest BCUT2D eigenvalue weighted by Crippen LogP contribution is -2.41. The van der Waals surface area contributed by atoms with E-state index in [2.05, 4.69) is 0 Å². The van der Waals surface area contributed by atoms with Gasteiger partial charge < -0.3 is 9.46 Å². The van der Waals surface area contributed by atoms with Crippen LogP contribution in [0.25, 0.3) is 0 Å². The molecule has 1 saturated carbocycles. The molecule has 6 nitrogen and oxygen atoms in total. The van der Waals surface area contributed by atoms with Crippen LogP contribution >= 0.6 is 7.14 Å². The van der Waals surface area contributed by atoms with Crippen LogP contribution in [-0.4, -0.2) is 66.6 Å². The Morgan fingerprint density at radius 2 is 1.65 bits per heavy atom. The van der Waals surface area contributed by atoms with Gasteiger partial charge in [0.1, 0.15) is 6.54 Å². The van der Waals surface area contributed by atoms with Gasteiger partial charge in [-0.25, -0.2) is 5.06 Å². The molecule has 134 valence electrons. The molecule has 1 rings (SSSR count). The van der Waals surface area contributed by atoms with E-state index in [1.165, 1.54) is 50.5 Å². The van der Waals surface area contributed by atoms with Gasteiger partial charge in [0.05, 0.1) is 13.3 Å². The van der Waals surface area contributed by atoms with Crippen molar-refractivity contribution in [1.29, 1.82) is 0 Å². The van der Waals surface area contributed by atoms with Gasteiger partial charge in [-0.1, -0.05) is 38.5 Å². The highest BCUT2D eigenvalue weighted by atomic mass is 31.2. The van der Waals surface area contributed by atoms with Gasteiger partial charge in [-0.3, -0.25) is 14.8 Å². The second-order valence-electron chi connectivity index (χ2n) is 7.14. The standard InChI is InChI=1S/C16H31N2O4P/c1-17(16(20)13-23(2,3)22)12-15(19)18(21)11-10-14-8-6-4-5-7-9-14/h14,21H,4-13H2,1-3H3. The minimum atomic E-state index is -2.46. The maximum atomic E-state index is 12.0. The average Bonchev–Trinajstić information content (AvgIpc) is 2.71. The molecule has 0 aliphatic heterocycles. The van der Waals surface area contributed by atoms with Gasteiger partial charge in [0, 0.05) is 13.6 Å². The summed E-state index contributed by atoms with van der Waals surface area (Å²) in [7, 11) is -0.962. The van der Waals surface area contributed by atoms with Crippen molar-refractivity contribution in [2.24, 2.45) is 5.92 Å². The minimum absolute atomic E-state index is 0.0513. The molecule has 1 aliphatic rings. The number of nitrogens with zero attached hydrogens (tertiary/aromatic N) is 2. The molecular weight excluding hydrogens is 315 g/mol. The molecule has 0 atom stereocenters. The number of hydroxylamine groups is 2. The van der Waals surface area contributed by atoms with Crippen LogP contribution in [0.5, 0.6) is 0 Å². The molecule has 7 heteroatoms. The predicted molar refractivity (Wildman–Crippen MR) is 91.3 cm³/mol. The third-order valence-corrected chi connectivity index (χ3v) is 5.36. The zero-order chi connectivity index (χ0) is 17.5. The van der Waals surface area contributed by atoms with E-state index in [4.69, 9.17) is 0 Å². The Bertz CT molecular complexity index is 441. The summed E-state index contributed by atoms with van der Waals surface area (Å²) in [5.41, 5.74) is 0. The summed E-state index contributed by atoms with van der Waals surface area (Å²) in [6.07, 6.45) is 8.12. The first-order valence-electron chi connectivity index (χ1n) is 8.46. The van der Waals surface area contributed by atoms with E-state index in [9.17, 15) is 19.4 Å².